The minimum Gasteiger partial charge on any atom is -0.493 e. The summed E-state index contributed by atoms with van der Waals surface area (Å²) >= 11 is 1.29. The van der Waals surface area contributed by atoms with Gasteiger partial charge in [0.1, 0.15) is 5.75 Å². The Morgan fingerprint density at radius 1 is 1.50 bits per heavy atom. The van der Waals surface area contributed by atoms with Gasteiger partial charge >= 0.3 is 0 Å². The number of aryl methyl sites for hydroxylation is 1. The Balaban J connectivity index is 2.28. The van der Waals surface area contributed by atoms with Crippen LogP contribution in [0.3, 0.4) is 0 Å². The van der Waals surface area contributed by atoms with Crippen LogP contribution in [-0.2, 0) is 4.79 Å². The van der Waals surface area contributed by atoms with E-state index < -0.39 is 0 Å². The van der Waals surface area contributed by atoms with Crippen LogP contribution in [0.5, 0.6) is 5.75 Å². The highest BCUT2D eigenvalue weighted by Crippen LogP contribution is 2.12. The molecule has 0 aromatic heterocycles. The van der Waals surface area contributed by atoms with E-state index in [1.165, 1.54) is 17.3 Å². The Labute approximate surface area is 88.7 Å². The zero-order valence-corrected chi connectivity index (χ0v) is 9.26. The lowest BCUT2D eigenvalue weighted by molar-refractivity contribution is -0.109. The van der Waals surface area contributed by atoms with Gasteiger partial charge in [0.15, 0.2) is 5.12 Å². The second-order valence-corrected chi connectivity index (χ2v) is 4.28. The van der Waals surface area contributed by atoms with Crippen molar-refractivity contribution in [1.29, 1.82) is 0 Å². The molecule has 0 atom stereocenters. The Morgan fingerprint density at radius 2 is 2.29 bits per heavy atom. The van der Waals surface area contributed by atoms with E-state index >= 15 is 0 Å². The number of benzene rings is 1. The SMILES string of the molecule is CC(=O)SCCOc1cccc(C)c1. The molecule has 3 heteroatoms. The first-order valence-electron chi connectivity index (χ1n) is 4.51. The average Bonchev–Trinajstić information content (AvgIpc) is 2.12. The summed E-state index contributed by atoms with van der Waals surface area (Å²) in [6, 6.07) is 7.89. The first-order valence-corrected chi connectivity index (χ1v) is 5.50. The fourth-order valence-corrected chi connectivity index (χ4v) is 1.50. The smallest absolute Gasteiger partial charge is 0.185 e. The highest BCUT2D eigenvalue weighted by atomic mass is 32.2. The standard InChI is InChI=1S/C11H14O2S/c1-9-4-3-5-11(8-9)13-6-7-14-10(2)12/h3-5,8H,6-7H2,1-2H3. The maximum Gasteiger partial charge on any atom is 0.185 e. The van der Waals surface area contributed by atoms with Crippen LogP contribution in [-0.4, -0.2) is 17.5 Å². The summed E-state index contributed by atoms with van der Waals surface area (Å²) in [5.74, 6) is 1.58. The van der Waals surface area contributed by atoms with E-state index in [-0.39, 0.29) is 5.12 Å². The number of rotatable bonds is 4. The molecule has 0 N–H and O–H groups in total. The highest BCUT2D eigenvalue weighted by Gasteiger charge is 1.96. The molecule has 0 aliphatic rings. The van der Waals surface area contributed by atoms with Gasteiger partial charge in [-0.2, -0.15) is 0 Å². The zero-order chi connectivity index (χ0) is 10.4. The molecule has 0 heterocycles. The van der Waals surface area contributed by atoms with Gasteiger partial charge in [0.25, 0.3) is 0 Å². The highest BCUT2D eigenvalue weighted by molar-refractivity contribution is 8.13. The summed E-state index contributed by atoms with van der Waals surface area (Å²) in [5.41, 5.74) is 1.18. The molecule has 0 bridgehead atoms. The van der Waals surface area contributed by atoms with Gasteiger partial charge in [-0.25, -0.2) is 0 Å². The Morgan fingerprint density at radius 3 is 2.93 bits per heavy atom. The van der Waals surface area contributed by atoms with Crippen molar-refractivity contribution >= 4 is 16.9 Å². The Bertz CT molecular complexity index is 310. The summed E-state index contributed by atoms with van der Waals surface area (Å²) in [6.45, 7) is 4.17. The number of carbonyl (C=O) groups is 1. The second-order valence-electron chi connectivity index (χ2n) is 3.01. The first kappa shape index (κ1) is 11.1. The van der Waals surface area contributed by atoms with Crippen LogP contribution in [0.4, 0.5) is 0 Å². The molecule has 0 radical (unpaired) electrons. The molecule has 0 saturated heterocycles. The fourth-order valence-electron chi connectivity index (χ4n) is 1.05. The van der Waals surface area contributed by atoms with Gasteiger partial charge in [0.05, 0.1) is 6.61 Å². The third-order valence-electron chi connectivity index (χ3n) is 1.65. The number of carbonyl (C=O) groups excluding carboxylic acids is 1. The maximum atomic E-state index is 10.6. The van der Waals surface area contributed by atoms with Gasteiger partial charge in [-0.3, -0.25) is 4.79 Å². The molecule has 0 saturated carbocycles. The third kappa shape index (κ3) is 4.33. The van der Waals surface area contributed by atoms with Gasteiger partial charge < -0.3 is 4.74 Å². The number of hydrogen-bond donors (Lipinski definition) is 0. The molecule has 0 aliphatic heterocycles. The van der Waals surface area contributed by atoms with Gasteiger partial charge in [0, 0.05) is 12.7 Å². The molecule has 0 unspecified atom stereocenters. The molecule has 0 fully saturated rings. The third-order valence-corrected chi connectivity index (χ3v) is 2.42. The molecule has 0 spiro atoms. The van der Waals surface area contributed by atoms with Gasteiger partial charge in [-0.05, 0) is 24.6 Å². The summed E-state index contributed by atoms with van der Waals surface area (Å²) in [7, 11) is 0. The maximum absolute atomic E-state index is 10.6. The molecular weight excluding hydrogens is 196 g/mol. The topological polar surface area (TPSA) is 26.3 Å². The lowest BCUT2D eigenvalue weighted by atomic mass is 10.2. The second kappa shape index (κ2) is 5.70. The van der Waals surface area contributed by atoms with Crippen LogP contribution in [0.1, 0.15) is 12.5 Å². The summed E-state index contributed by atoms with van der Waals surface area (Å²) in [5, 5.41) is 0.137. The van der Waals surface area contributed by atoms with Gasteiger partial charge in [-0.1, -0.05) is 23.9 Å². The van der Waals surface area contributed by atoms with E-state index in [0.717, 1.165) is 5.75 Å². The van der Waals surface area contributed by atoms with Crippen LogP contribution in [0, 0.1) is 6.92 Å². The molecule has 0 aliphatic carbocycles. The van der Waals surface area contributed by atoms with Gasteiger partial charge in [0.2, 0.25) is 0 Å². The first-order chi connectivity index (χ1) is 6.68. The van der Waals surface area contributed by atoms with E-state index in [4.69, 9.17) is 4.74 Å². The number of ether oxygens (including phenoxy) is 1. The van der Waals surface area contributed by atoms with Crippen molar-refractivity contribution in [2.24, 2.45) is 0 Å². The molecule has 2 nitrogen and oxygen atoms in total. The van der Waals surface area contributed by atoms with E-state index in [1.807, 2.05) is 31.2 Å². The van der Waals surface area contributed by atoms with Crippen molar-refractivity contribution < 1.29 is 9.53 Å². The van der Waals surface area contributed by atoms with Crippen LogP contribution < -0.4 is 4.74 Å². The van der Waals surface area contributed by atoms with Crippen LogP contribution in [0.15, 0.2) is 24.3 Å². The minimum atomic E-state index is 0.137. The lowest BCUT2D eigenvalue weighted by Crippen LogP contribution is -2.01. The van der Waals surface area contributed by atoms with Crippen molar-refractivity contribution in [2.45, 2.75) is 13.8 Å². The molecule has 1 rings (SSSR count). The van der Waals surface area contributed by atoms with Crippen molar-refractivity contribution in [3.63, 3.8) is 0 Å². The molecule has 76 valence electrons. The van der Waals surface area contributed by atoms with Crippen LogP contribution in [0.25, 0.3) is 0 Å². The molecule has 1 aromatic rings. The monoisotopic (exact) mass is 210 g/mol. The van der Waals surface area contributed by atoms with E-state index in [9.17, 15) is 4.79 Å². The zero-order valence-electron chi connectivity index (χ0n) is 8.45. The van der Waals surface area contributed by atoms with Crippen molar-refractivity contribution in [2.75, 3.05) is 12.4 Å². The molecular formula is C11H14O2S. The quantitative estimate of drug-likeness (QED) is 0.715. The largest absolute Gasteiger partial charge is 0.493 e. The Hall–Kier alpha value is -0.960. The predicted octanol–water partition coefficient (Wildman–Crippen LogP) is 2.65. The fraction of sp³-hybridized carbons (Fsp3) is 0.364. The average molecular weight is 210 g/mol. The minimum absolute atomic E-state index is 0.137. The van der Waals surface area contributed by atoms with Gasteiger partial charge in [-0.15, -0.1) is 0 Å². The summed E-state index contributed by atoms with van der Waals surface area (Å²) in [4.78, 5) is 10.6. The van der Waals surface area contributed by atoms with E-state index in [0.29, 0.717) is 12.4 Å². The summed E-state index contributed by atoms with van der Waals surface area (Å²) in [6.07, 6.45) is 0. The molecule has 0 amide bonds. The molecule has 1 aromatic carbocycles. The van der Waals surface area contributed by atoms with E-state index in [1.54, 1.807) is 6.92 Å². The van der Waals surface area contributed by atoms with Crippen molar-refractivity contribution in [3.8, 4) is 5.75 Å². The van der Waals surface area contributed by atoms with E-state index in [2.05, 4.69) is 0 Å². The predicted molar refractivity (Wildman–Crippen MR) is 59.8 cm³/mol. The number of hydrogen-bond acceptors (Lipinski definition) is 3. The Kier molecular flexibility index (Phi) is 4.53. The molecule has 14 heavy (non-hydrogen) atoms. The lowest BCUT2D eigenvalue weighted by Gasteiger charge is -2.05. The van der Waals surface area contributed by atoms with Crippen LogP contribution >= 0.6 is 11.8 Å². The van der Waals surface area contributed by atoms with Crippen LogP contribution in [0.2, 0.25) is 0 Å². The summed E-state index contributed by atoms with van der Waals surface area (Å²) < 4.78 is 5.46. The van der Waals surface area contributed by atoms with Crippen molar-refractivity contribution in [3.05, 3.63) is 29.8 Å². The number of thioether (sulfide) groups is 1. The van der Waals surface area contributed by atoms with Crippen molar-refractivity contribution in [1.82, 2.24) is 0 Å². The normalized spacial score (nSPS) is 9.86.